The van der Waals surface area contributed by atoms with E-state index in [1.54, 1.807) is 13.8 Å². The number of hydrogen-bond donors (Lipinski definition) is 1. The molecule has 0 saturated carbocycles. The summed E-state index contributed by atoms with van der Waals surface area (Å²) in [4.78, 5) is 38.0. The molecule has 0 unspecified atom stereocenters. The van der Waals surface area contributed by atoms with Crippen molar-refractivity contribution in [1.82, 2.24) is 20.0 Å². The van der Waals surface area contributed by atoms with Gasteiger partial charge in [-0.05, 0) is 50.2 Å². The fraction of sp³-hybridized carbons (Fsp3) is 0.217. The monoisotopic (exact) mass is 456 g/mol. The molecule has 0 fully saturated rings. The lowest BCUT2D eigenvalue weighted by Gasteiger charge is -2.15. The number of rotatable bonds is 4. The minimum Gasteiger partial charge on any atom is -0.345 e. The van der Waals surface area contributed by atoms with Crippen molar-refractivity contribution in [1.29, 1.82) is 0 Å². The minimum atomic E-state index is -4.47. The average molecular weight is 456 g/mol. The predicted molar refractivity (Wildman–Crippen MR) is 112 cm³/mol. The lowest BCUT2D eigenvalue weighted by molar-refractivity contribution is -0.137. The highest BCUT2D eigenvalue weighted by Gasteiger charge is 2.33. The summed E-state index contributed by atoms with van der Waals surface area (Å²) in [5.74, 6) is -1.37. The molecule has 0 saturated heterocycles. The van der Waals surface area contributed by atoms with Crippen LogP contribution in [0.5, 0.6) is 0 Å². The van der Waals surface area contributed by atoms with Gasteiger partial charge >= 0.3 is 6.18 Å². The molecule has 10 heteroatoms. The molecular formula is C23H19F3N4O3. The number of hydrogen-bond acceptors (Lipinski definition) is 4. The van der Waals surface area contributed by atoms with Crippen LogP contribution in [-0.4, -0.2) is 39.4 Å². The van der Waals surface area contributed by atoms with Crippen LogP contribution in [0.1, 0.15) is 60.9 Å². The molecule has 0 spiro atoms. The van der Waals surface area contributed by atoms with Crippen molar-refractivity contribution in [2.24, 2.45) is 0 Å². The van der Waals surface area contributed by atoms with E-state index in [1.165, 1.54) is 48.3 Å². The van der Waals surface area contributed by atoms with Gasteiger partial charge in [0, 0.05) is 23.9 Å². The number of fused-ring (bicyclic) bond motifs is 1. The van der Waals surface area contributed by atoms with Crippen LogP contribution in [0.2, 0.25) is 0 Å². The molecule has 0 aliphatic carbocycles. The van der Waals surface area contributed by atoms with Crippen LogP contribution in [-0.2, 0) is 6.18 Å². The lowest BCUT2D eigenvalue weighted by Crippen LogP contribution is -2.27. The van der Waals surface area contributed by atoms with Crippen molar-refractivity contribution in [2.45, 2.75) is 26.1 Å². The zero-order valence-corrected chi connectivity index (χ0v) is 17.9. The van der Waals surface area contributed by atoms with Crippen LogP contribution in [0.4, 0.5) is 13.2 Å². The number of nitrogens with zero attached hydrogens (tertiary/aromatic N) is 3. The molecule has 0 bridgehead atoms. The quantitative estimate of drug-likeness (QED) is 0.604. The molecular weight excluding hydrogens is 437 g/mol. The summed E-state index contributed by atoms with van der Waals surface area (Å²) in [6.45, 7) is 3.41. The Labute approximate surface area is 186 Å². The Hall–Kier alpha value is -3.95. The molecule has 4 rings (SSSR count). The topological polar surface area (TPSA) is 84.3 Å². The largest absolute Gasteiger partial charge is 0.416 e. The van der Waals surface area contributed by atoms with Crippen LogP contribution in [0.3, 0.4) is 0 Å². The first-order valence-corrected chi connectivity index (χ1v) is 9.98. The Balaban J connectivity index is 1.56. The zero-order chi connectivity index (χ0) is 24.1. The third-order valence-electron chi connectivity index (χ3n) is 5.63. The number of aromatic nitrogens is 2. The Morgan fingerprint density at radius 1 is 1.06 bits per heavy atom. The van der Waals surface area contributed by atoms with Gasteiger partial charge in [-0.25, -0.2) is 4.68 Å². The summed E-state index contributed by atoms with van der Waals surface area (Å²) in [5, 5.41) is 6.99. The first-order valence-electron chi connectivity index (χ1n) is 9.98. The van der Waals surface area contributed by atoms with E-state index in [4.69, 9.17) is 0 Å². The normalized spacial score (nSPS) is 14.4. The van der Waals surface area contributed by atoms with Gasteiger partial charge in [-0.2, -0.15) is 18.3 Å². The van der Waals surface area contributed by atoms with Crippen molar-refractivity contribution < 1.29 is 27.6 Å². The van der Waals surface area contributed by atoms with Crippen molar-refractivity contribution in [3.8, 4) is 5.69 Å². The highest BCUT2D eigenvalue weighted by Crippen LogP contribution is 2.31. The highest BCUT2D eigenvalue weighted by molar-refractivity contribution is 6.21. The Bertz CT molecular complexity index is 1300. The standard InChI is InChI=1S/C23H19F3N4O3/c1-12(28-20(31)14-7-8-17-18(9-14)22(33)29(3)21(17)32)19-11-27-30(13(19)2)16-6-4-5-15(10-16)23(24,25)26/h4-12H,1-3H3,(H,28,31)/t12-/m0/s1. The number of amides is 3. The maximum absolute atomic E-state index is 13.1. The second kappa shape index (κ2) is 7.88. The lowest BCUT2D eigenvalue weighted by atomic mass is 10.0. The van der Waals surface area contributed by atoms with E-state index in [0.717, 1.165) is 17.0 Å². The van der Waals surface area contributed by atoms with Gasteiger partial charge in [0.25, 0.3) is 17.7 Å². The van der Waals surface area contributed by atoms with Crippen LogP contribution >= 0.6 is 0 Å². The minimum absolute atomic E-state index is 0.163. The summed E-state index contributed by atoms with van der Waals surface area (Å²) >= 11 is 0. The molecule has 2 heterocycles. The van der Waals surface area contributed by atoms with Crippen LogP contribution < -0.4 is 5.32 Å². The number of halogens is 3. The predicted octanol–water partition coefficient (Wildman–Crippen LogP) is 3.92. The Kier molecular flexibility index (Phi) is 5.31. The molecule has 1 atom stereocenters. The van der Waals surface area contributed by atoms with Crippen molar-refractivity contribution in [2.75, 3.05) is 7.05 Å². The van der Waals surface area contributed by atoms with Crippen LogP contribution in [0.15, 0.2) is 48.7 Å². The molecule has 3 aromatic rings. The first kappa shape index (κ1) is 22.3. The van der Waals surface area contributed by atoms with Gasteiger partial charge in [0.05, 0.1) is 34.6 Å². The SMILES string of the molecule is Cc1c([C@H](C)NC(=O)c2ccc3c(c2)C(=O)N(C)C3=O)cnn1-c1cccc(C(F)(F)F)c1. The molecule has 170 valence electrons. The summed E-state index contributed by atoms with van der Waals surface area (Å²) in [6.07, 6.45) is -2.99. The van der Waals surface area contributed by atoms with Crippen molar-refractivity contribution >= 4 is 17.7 Å². The number of carbonyl (C=O) groups excluding carboxylic acids is 3. The Morgan fingerprint density at radius 3 is 2.45 bits per heavy atom. The van der Waals surface area contributed by atoms with Gasteiger partial charge in [-0.3, -0.25) is 19.3 Å². The molecule has 3 amide bonds. The van der Waals surface area contributed by atoms with Gasteiger partial charge in [0.2, 0.25) is 0 Å². The molecule has 33 heavy (non-hydrogen) atoms. The molecule has 1 aromatic heterocycles. The molecule has 1 aliphatic heterocycles. The average Bonchev–Trinajstić information content (AvgIpc) is 3.26. The third-order valence-corrected chi connectivity index (χ3v) is 5.63. The van der Waals surface area contributed by atoms with Gasteiger partial charge in [0.15, 0.2) is 0 Å². The number of carbonyl (C=O) groups is 3. The van der Waals surface area contributed by atoms with Gasteiger partial charge in [-0.1, -0.05) is 6.07 Å². The van der Waals surface area contributed by atoms with E-state index in [1.807, 2.05) is 0 Å². The molecule has 1 N–H and O–H groups in total. The van der Waals surface area contributed by atoms with Gasteiger partial charge < -0.3 is 5.32 Å². The number of benzene rings is 2. The summed E-state index contributed by atoms with van der Waals surface area (Å²) in [5.41, 5.74) is 1.26. The van der Waals surface area contributed by atoms with E-state index in [2.05, 4.69) is 10.4 Å². The van der Waals surface area contributed by atoms with Crippen LogP contribution in [0, 0.1) is 6.92 Å². The first-order chi connectivity index (χ1) is 15.5. The van der Waals surface area contributed by atoms with Crippen molar-refractivity contribution in [3.63, 3.8) is 0 Å². The Morgan fingerprint density at radius 2 is 1.76 bits per heavy atom. The molecule has 7 nitrogen and oxygen atoms in total. The fourth-order valence-corrected chi connectivity index (χ4v) is 3.78. The van der Waals surface area contributed by atoms with E-state index in [-0.39, 0.29) is 22.4 Å². The van der Waals surface area contributed by atoms with E-state index in [9.17, 15) is 27.6 Å². The number of imide groups is 1. The van der Waals surface area contributed by atoms with Crippen LogP contribution in [0.25, 0.3) is 5.69 Å². The van der Waals surface area contributed by atoms with E-state index in [0.29, 0.717) is 11.3 Å². The maximum Gasteiger partial charge on any atom is 0.416 e. The number of alkyl halides is 3. The molecule has 0 radical (unpaired) electrons. The second-order valence-electron chi connectivity index (χ2n) is 7.77. The molecule has 2 aromatic carbocycles. The van der Waals surface area contributed by atoms with Gasteiger partial charge in [0.1, 0.15) is 0 Å². The molecule has 1 aliphatic rings. The summed E-state index contributed by atoms with van der Waals surface area (Å²) in [7, 11) is 1.37. The van der Waals surface area contributed by atoms with E-state index >= 15 is 0 Å². The fourth-order valence-electron chi connectivity index (χ4n) is 3.78. The zero-order valence-electron chi connectivity index (χ0n) is 17.9. The third kappa shape index (κ3) is 3.88. The second-order valence-corrected chi connectivity index (χ2v) is 7.77. The highest BCUT2D eigenvalue weighted by atomic mass is 19.4. The van der Waals surface area contributed by atoms with Gasteiger partial charge in [-0.15, -0.1) is 0 Å². The number of nitrogens with one attached hydrogen (secondary N) is 1. The maximum atomic E-state index is 13.1. The van der Waals surface area contributed by atoms with E-state index < -0.39 is 35.5 Å². The smallest absolute Gasteiger partial charge is 0.345 e. The van der Waals surface area contributed by atoms with Crippen molar-refractivity contribution in [3.05, 3.63) is 82.2 Å². The summed E-state index contributed by atoms with van der Waals surface area (Å²) in [6, 6.07) is 8.57. The summed E-state index contributed by atoms with van der Waals surface area (Å²) < 4.78 is 40.5.